The molecule has 0 aliphatic rings. The molecular formula is C28H28FN5O6S. The van der Waals surface area contributed by atoms with Crippen molar-refractivity contribution in [2.45, 2.75) is 17.4 Å². The highest BCUT2D eigenvalue weighted by Gasteiger charge is 2.35. The van der Waals surface area contributed by atoms with Crippen molar-refractivity contribution in [1.82, 2.24) is 19.6 Å². The molecule has 0 fully saturated rings. The molecule has 2 amide bonds. The Morgan fingerprint density at radius 2 is 1.93 bits per heavy atom. The highest BCUT2D eigenvalue weighted by molar-refractivity contribution is 7.89. The Labute approximate surface area is 236 Å². The van der Waals surface area contributed by atoms with Crippen molar-refractivity contribution in [3.63, 3.8) is 0 Å². The number of anilines is 1. The van der Waals surface area contributed by atoms with E-state index in [0.29, 0.717) is 17.5 Å². The molecule has 0 aliphatic heterocycles. The number of halogens is 1. The summed E-state index contributed by atoms with van der Waals surface area (Å²) in [4.78, 5) is 36.7. The lowest BCUT2D eigenvalue weighted by Crippen LogP contribution is -2.44. The van der Waals surface area contributed by atoms with E-state index in [9.17, 15) is 22.4 Å². The second-order valence-electron chi connectivity index (χ2n) is 9.03. The molecule has 1 atom stereocenters. The molecule has 13 heteroatoms. The highest BCUT2D eigenvalue weighted by atomic mass is 32.2. The number of sulfonamides is 1. The molecule has 214 valence electrons. The molecule has 0 saturated heterocycles. The van der Waals surface area contributed by atoms with Gasteiger partial charge in [0.2, 0.25) is 15.9 Å². The van der Waals surface area contributed by atoms with Crippen LogP contribution >= 0.6 is 0 Å². The average molecular weight is 582 g/mol. The van der Waals surface area contributed by atoms with Crippen LogP contribution in [0.2, 0.25) is 0 Å². The third-order valence-corrected chi connectivity index (χ3v) is 8.02. The summed E-state index contributed by atoms with van der Waals surface area (Å²) in [7, 11) is 0.176. The first-order valence-electron chi connectivity index (χ1n) is 12.4. The van der Waals surface area contributed by atoms with Gasteiger partial charge in [0, 0.05) is 50.4 Å². The lowest BCUT2D eigenvalue weighted by atomic mass is 10.0. The van der Waals surface area contributed by atoms with Crippen LogP contribution in [-0.2, 0) is 21.2 Å². The number of methoxy groups -OCH3 is 1. The number of pyridine rings is 1. The summed E-state index contributed by atoms with van der Waals surface area (Å²) in [5.74, 6) is -1.68. The van der Waals surface area contributed by atoms with Crippen LogP contribution in [0, 0.1) is 5.82 Å². The fourth-order valence-electron chi connectivity index (χ4n) is 4.12. The zero-order chi connectivity index (χ0) is 29.6. The molecule has 0 bridgehead atoms. The van der Waals surface area contributed by atoms with E-state index in [1.165, 1.54) is 68.8 Å². The molecule has 4 rings (SSSR count). The first kappa shape index (κ1) is 29.4. The number of ether oxygens (including phenoxy) is 1. The summed E-state index contributed by atoms with van der Waals surface area (Å²) in [6.07, 6.45) is 5.53. The molecule has 2 aromatic carbocycles. The smallest absolute Gasteiger partial charge is 0.281 e. The number of nitrogens with zero attached hydrogens (tertiary/aromatic N) is 4. The zero-order valence-corrected chi connectivity index (χ0v) is 23.3. The van der Waals surface area contributed by atoms with Gasteiger partial charge in [0.25, 0.3) is 5.91 Å². The summed E-state index contributed by atoms with van der Waals surface area (Å²) >= 11 is 0. The number of benzene rings is 2. The number of nitrogens with one attached hydrogen (secondary N) is 1. The monoisotopic (exact) mass is 581 g/mol. The summed E-state index contributed by atoms with van der Waals surface area (Å²) in [6, 6.07) is 12.1. The summed E-state index contributed by atoms with van der Waals surface area (Å²) < 4.78 is 50.8. The van der Waals surface area contributed by atoms with Gasteiger partial charge in [0.1, 0.15) is 28.8 Å². The first-order chi connectivity index (χ1) is 19.6. The minimum Gasteiger partial charge on any atom is -0.495 e. The topological polar surface area (TPSA) is 135 Å². The Bertz CT molecular complexity index is 1610. The molecule has 2 heterocycles. The maximum Gasteiger partial charge on any atom is 0.281 e. The van der Waals surface area contributed by atoms with Gasteiger partial charge in [-0.3, -0.25) is 19.5 Å². The maximum absolute atomic E-state index is 13.8. The summed E-state index contributed by atoms with van der Waals surface area (Å²) in [6.45, 7) is 0.147. The van der Waals surface area contributed by atoms with Gasteiger partial charge in [-0.25, -0.2) is 22.1 Å². The molecule has 2 aromatic heterocycles. The van der Waals surface area contributed by atoms with E-state index in [-0.39, 0.29) is 34.4 Å². The lowest BCUT2D eigenvalue weighted by Gasteiger charge is -2.31. The minimum atomic E-state index is -3.89. The normalized spacial score (nSPS) is 12.1. The van der Waals surface area contributed by atoms with Gasteiger partial charge in [0.05, 0.1) is 7.11 Å². The fraction of sp³-hybridized carbons (Fsp3) is 0.214. The van der Waals surface area contributed by atoms with Crippen LogP contribution in [-0.4, -0.2) is 62.3 Å². The van der Waals surface area contributed by atoms with Crippen molar-refractivity contribution in [3.8, 4) is 5.75 Å². The molecule has 0 radical (unpaired) electrons. The van der Waals surface area contributed by atoms with E-state index in [0.717, 1.165) is 17.0 Å². The molecule has 11 nitrogen and oxygen atoms in total. The van der Waals surface area contributed by atoms with Gasteiger partial charge < -0.3 is 14.5 Å². The Kier molecular flexibility index (Phi) is 9.10. The van der Waals surface area contributed by atoms with Gasteiger partial charge in [0.15, 0.2) is 12.1 Å². The van der Waals surface area contributed by atoms with Crippen LogP contribution in [0.4, 0.5) is 10.1 Å². The number of amides is 2. The van der Waals surface area contributed by atoms with Crippen molar-refractivity contribution >= 4 is 27.5 Å². The number of oxazole rings is 1. The highest BCUT2D eigenvalue weighted by Crippen LogP contribution is 2.35. The predicted octanol–water partition coefficient (Wildman–Crippen LogP) is 3.21. The van der Waals surface area contributed by atoms with Gasteiger partial charge in [-0.2, -0.15) is 0 Å². The van der Waals surface area contributed by atoms with Crippen LogP contribution in [0.15, 0.2) is 89.0 Å². The summed E-state index contributed by atoms with van der Waals surface area (Å²) in [5, 5.41) is 2.82. The van der Waals surface area contributed by atoms with Gasteiger partial charge >= 0.3 is 0 Å². The second-order valence-corrected chi connectivity index (χ2v) is 11.2. The number of hydrogen-bond acceptors (Lipinski definition) is 8. The van der Waals surface area contributed by atoms with Crippen LogP contribution in [0.25, 0.3) is 0 Å². The molecule has 1 unspecified atom stereocenters. The van der Waals surface area contributed by atoms with Crippen LogP contribution in [0.3, 0.4) is 0 Å². The average Bonchev–Trinajstić information content (AvgIpc) is 3.51. The minimum absolute atomic E-state index is 0.0365. The van der Waals surface area contributed by atoms with Crippen LogP contribution < -0.4 is 15.0 Å². The predicted molar refractivity (Wildman–Crippen MR) is 147 cm³/mol. The molecule has 0 aliphatic carbocycles. The number of carbonyl (C=O) groups is 2. The third kappa shape index (κ3) is 6.58. The Balaban J connectivity index is 1.78. The molecule has 1 N–H and O–H groups in total. The maximum atomic E-state index is 13.8. The largest absolute Gasteiger partial charge is 0.495 e. The molecule has 0 saturated carbocycles. The fourth-order valence-corrected chi connectivity index (χ4v) is 5.15. The van der Waals surface area contributed by atoms with Crippen LogP contribution in [0.1, 0.15) is 27.7 Å². The lowest BCUT2D eigenvalue weighted by molar-refractivity contribution is -0.122. The molecule has 4 aromatic rings. The third-order valence-electron chi connectivity index (χ3n) is 6.16. The number of rotatable bonds is 11. The molecular weight excluding hydrogens is 553 g/mol. The number of hydrogen-bond donors (Lipinski definition) is 1. The van der Waals surface area contributed by atoms with Gasteiger partial charge in [-0.05, 0) is 42.3 Å². The van der Waals surface area contributed by atoms with E-state index in [1.807, 2.05) is 0 Å². The van der Waals surface area contributed by atoms with Crippen molar-refractivity contribution in [2.24, 2.45) is 0 Å². The van der Waals surface area contributed by atoms with Gasteiger partial charge in [-0.1, -0.05) is 18.2 Å². The standard InChI is InChI=1S/C28H28FN5O6S/c1-33(2)41(37,38)25-10-9-22(15-24(25)39-3)34(28(36)23-17-40-18-32-23)26(20-7-5-12-30-16-20)27(35)31-13-11-19-6-4-8-21(29)14-19/h4-10,12,14-18,26H,11,13H2,1-3H3,(H,31,35). The first-order valence-corrected chi connectivity index (χ1v) is 13.8. The Morgan fingerprint density at radius 1 is 1.12 bits per heavy atom. The van der Waals surface area contributed by atoms with E-state index in [2.05, 4.69) is 15.3 Å². The van der Waals surface area contributed by atoms with Gasteiger partial charge in [-0.15, -0.1) is 0 Å². The number of carbonyl (C=O) groups excluding carboxylic acids is 2. The van der Waals surface area contributed by atoms with Crippen molar-refractivity contribution in [2.75, 3.05) is 32.6 Å². The molecule has 41 heavy (non-hydrogen) atoms. The van der Waals surface area contributed by atoms with E-state index in [1.54, 1.807) is 24.3 Å². The quantitative estimate of drug-likeness (QED) is 0.285. The van der Waals surface area contributed by atoms with Crippen molar-refractivity contribution < 1.29 is 31.6 Å². The second kappa shape index (κ2) is 12.7. The van der Waals surface area contributed by atoms with E-state index < -0.39 is 27.9 Å². The Morgan fingerprint density at radius 3 is 2.56 bits per heavy atom. The zero-order valence-electron chi connectivity index (χ0n) is 22.5. The van der Waals surface area contributed by atoms with Crippen molar-refractivity contribution in [1.29, 1.82) is 0 Å². The SMILES string of the molecule is COc1cc(N(C(=O)c2cocn2)C(C(=O)NCCc2cccc(F)c2)c2cccnc2)ccc1S(=O)(=O)N(C)C. The van der Waals surface area contributed by atoms with Crippen LogP contribution in [0.5, 0.6) is 5.75 Å². The Hall–Kier alpha value is -4.62. The molecule has 0 spiro atoms. The van der Waals surface area contributed by atoms with E-state index >= 15 is 0 Å². The van der Waals surface area contributed by atoms with E-state index in [4.69, 9.17) is 9.15 Å². The summed E-state index contributed by atoms with van der Waals surface area (Å²) in [5.41, 5.74) is 1.12. The number of aromatic nitrogens is 2. The van der Waals surface area contributed by atoms with Crippen molar-refractivity contribution in [3.05, 3.63) is 102 Å².